The molecule has 1 unspecified atom stereocenters. The molecule has 0 saturated carbocycles. The van der Waals surface area contributed by atoms with Crippen LogP contribution in [0.5, 0.6) is 0 Å². The lowest BCUT2D eigenvalue weighted by Gasteiger charge is -2.21. The Kier molecular flexibility index (Phi) is 7.87. The number of ether oxygens (including phenoxy) is 1. The highest BCUT2D eigenvalue weighted by Crippen LogP contribution is 2.17. The van der Waals surface area contributed by atoms with Crippen LogP contribution in [0.3, 0.4) is 0 Å². The van der Waals surface area contributed by atoms with Gasteiger partial charge in [-0.2, -0.15) is 0 Å². The van der Waals surface area contributed by atoms with Crippen molar-refractivity contribution >= 4 is 0 Å². The summed E-state index contributed by atoms with van der Waals surface area (Å²) in [7, 11) is 0. The highest BCUT2D eigenvalue weighted by Gasteiger charge is 2.16. The van der Waals surface area contributed by atoms with Gasteiger partial charge in [0.25, 0.3) is 0 Å². The first-order valence-electron chi connectivity index (χ1n) is 7.16. The summed E-state index contributed by atoms with van der Waals surface area (Å²) in [5, 5.41) is 0. The Bertz CT molecular complexity index is 155. The molecule has 1 aliphatic rings. The van der Waals surface area contributed by atoms with Crippen LogP contribution in [0.15, 0.2) is 0 Å². The second-order valence-corrected chi connectivity index (χ2v) is 5.09. The largest absolute Gasteiger partial charge is 0.365 e. The Hall–Kier alpha value is -0.0800. The fourth-order valence-corrected chi connectivity index (χ4v) is 2.42. The summed E-state index contributed by atoms with van der Waals surface area (Å²) >= 11 is 0. The van der Waals surface area contributed by atoms with E-state index in [1.54, 1.807) is 0 Å². The van der Waals surface area contributed by atoms with E-state index in [1.165, 1.54) is 51.5 Å². The van der Waals surface area contributed by atoms with Gasteiger partial charge in [-0.15, -0.1) is 0 Å². The molecule has 0 aromatic heterocycles. The third-order valence-corrected chi connectivity index (χ3v) is 3.64. The Morgan fingerprint density at radius 1 is 1.12 bits per heavy atom. The minimum atomic E-state index is 0.867. The average Bonchev–Trinajstić information content (AvgIpc) is 2.80. The third-order valence-electron chi connectivity index (χ3n) is 3.64. The molecule has 0 bridgehead atoms. The fraction of sp³-hybridized carbons (Fsp3) is 1.00. The van der Waals surface area contributed by atoms with Gasteiger partial charge < -0.3 is 4.74 Å². The number of rotatable bonds is 9. The molecule has 0 aromatic carbocycles. The highest BCUT2D eigenvalue weighted by molar-refractivity contribution is 4.66. The molecule has 2 nitrogen and oxygen atoms in total. The van der Waals surface area contributed by atoms with Gasteiger partial charge >= 0.3 is 0 Å². The maximum absolute atomic E-state index is 5.39. The van der Waals surface area contributed by atoms with Crippen molar-refractivity contribution < 1.29 is 4.74 Å². The molecule has 0 spiro atoms. The maximum Gasteiger partial charge on any atom is 0.0991 e. The van der Waals surface area contributed by atoms with Crippen LogP contribution in [-0.4, -0.2) is 31.3 Å². The fourth-order valence-electron chi connectivity index (χ4n) is 2.42. The topological polar surface area (TPSA) is 12.5 Å². The van der Waals surface area contributed by atoms with Crippen molar-refractivity contribution in [2.24, 2.45) is 5.92 Å². The maximum atomic E-state index is 5.39. The number of nitrogens with zero attached hydrogens (tertiary/aromatic N) is 1. The Morgan fingerprint density at radius 2 is 1.94 bits per heavy atom. The summed E-state index contributed by atoms with van der Waals surface area (Å²) in [5.41, 5.74) is 0. The van der Waals surface area contributed by atoms with E-state index in [2.05, 4.69) is 18.7 Å². The Balaban J connectivity index is 2.01. The van der Waals surface area contributed by atoms with Crippen LogP contribution in [0.2, 0.25) is 0 Å². The van der Waals surface area contributed by atoms with Crippen LogP contribution in [0.25, 0.3) is 0 Å². The minimum Gasteiger partial charge on any atom is -0.365 e. The van der Waals surface area contributed by atoms with Gasteiger partial charge in [-0.25, -0.2) is 0 Å². The predicted octanol–water partition coefficient (Wildman–Crippen LogP) is 3.66. The number of hydrogen-bond acceptors (Lipinski definition) is 2. The molecule has 0 aromatic rings. The van der Waals surface area contributed by atoms with Crippen LogP contribution >= 0.6 is 0 Å². The zero-order valence-corrected chi connectivity index (χ0v) is 11.2. The zero-order chi connectivity index (χ0) is 11.6. The molecule has 16 heavy (non-hydrogen) atoms. The second kappa shape index (κ2) is 9.00. The van der Waals surface area contributed by atoms with Gasteiger partial charge in [0.1, 0.15) is 0 Å². The lowest BCUT2D eigenvalue weighted by Crippen LogP contribution is -2.26. The van der Waals surface area contributed by atoms with Crippen molar-refractivity contribution in [3.63, 3.8) is 0 Å². The molecule has 1 atom stereocenters. The van der Waals surface area contributed by atoms with Crippen molar-refractivity contribution in [1.29, 1.82) is 0 Å². The van der Waals surface area contributed by atoms with Crippen LogP contribution in [0, 0.1) is 5.92 Å². The average molecular weight is 227 g/mol. The number of hydrogen-bond donors (Lipinski definition) is 0. The SMILES string of the molecule is CCCCCCCC(CC)CN1CCOC1. The molecular weight excluding hydrogens is 198 g/mol. The molecule has 0 aliphatic carbocycles. The zero-order valence-electron chi connectivity index (χ0n) is 11.2. The first-order valence-corrected chi connectivity index (χ1v) is 7.16. The van der Waals surface area contributed by atoms with E-state index in [0.717, 1.165) is 25.8 Å². The van der Waals surface area contributed by atoms with E-state index in [4.69, 9.17) is 4.74 Å². The minimum absolute atomic E-state index is 0.867. The molecule has 0 radical (unpaired) electrons. The second-order valence-electron chi connectivity index (χ2n) is 5.09. The molecule has 0 amide bonds. The molecule has 96 valence electrons. The van der Waals surface area contributed by atoms with Crippen molar-refractivity contribution in [3.05, 3.63) is 0 Å². The van der Waals surface area contributed by atoms with Crippen LogP contribution in [-0.2, 0) is 4.74 Å². The normalized spacial score (nSPS) is 19.1. The standard InChI is InChI=1S/C14H29NO/c1-3-5-6-7-8-9-14(4-2)12-15-10-11-16-13-15/h14H,3-13H2,1-2H3. The van der Waals surface area contributed by atoms with Gasteiger partial charge in [0.2, 0.25) is 0 Å². The summed E-state index contributed by atoms with van der Waals surface area (Å²) in [5.74, 6) is 0.892. The van der Waals surface area contributed by atoms with Crippen LogP contribution < -0.4 is 0 Å². The summed E-state index contributed by atoms with van der Waals surface area (Å²) in [6.45, 7) is 8.81. The van der Waals surface area contributed by atoms with Gasteiger partial charge in [-0.05, 0) is 12.3 Å². The summed E-state index contributed by atoms with van der Waals surface area (Å²) in [4.78, 5) is 2.46. The van der Waals surface area contributed by atoms with Crippen LogP contribution in [0.4, 0.5) is 0 Å². The molecule has 1 fully saturated rings. The predicted molar refractivity (Wildman–Crippen MR) is 69.5 cm³/mol. The van der Waals surface area contributed by atoms with Crippen LogP contribution in [0.1, 0.15) is 58.8 Å². The molecule has 1 rings (SSSR count). The van der Waals surface area contributed by atoms with Gasteiger partial charge in [-0.1, -0.05) is 52.4 Å². The molecule has 2 heteroatoms. The highest BCUT2D eigenvalue weighted by atomic mass is 16.5. The molecule has 0 N–H and O–H groups in total. The quantitative estimate of drug-likeness (QED) is 0.557. The summed E-state index contributed by atoms with van der Waals surface area (Å²) in [6.07, 6.45) is 9.79. The first kappa shape index (κ1) is 14.0. The number of unbranched alkanes of at least 4 members (excludes halogenated alkanes) is 4. The third kappa shape index (κ3) is 5.86. The van der Waals surface area contributed by atoms with Crippen molar-refractivity contribution in [2.45, 2.75) is 58.8 Å². The molecule has 1 heterocycles. The van der Waals surface area contributed by atoms with Crippen molar-refractivity contribution in [2.75, 3.05) is 26.4 Å². The van der Waals surface area contributed by atoms with Gasteiger partial charge in [0.05, 0.1) is 13.3 Å². The summed E-state index contributed by atoms with van der Waals surface area (Å²) < 4.78 is 5.39. The first-order chi connectivity index (χ1) is 7.86. The van der Waals surface area contributed by atoms with E-state index in [9.17, 15) is 0 Å². The van der Waals surface area contributed by atoms with Gasteiger partial charge in [0, 0.05) is 13.1 Å². The lowest BCUT2D eigenvalue weighted by atomic mass is 9.97. The van der Waals surface area contributed by atoms with E-state index < -0.39 is 0 Å². The Morgan fingerprint density at radius 3 is 2.56 bits per heavy atom. The van der Waals surface area contributed by atoms with E-state index in [1.807, 2.05) is 0 Å². The smallest absolute Gasteiger partial charge is 0.0991 e. The molecule has 1 aliphatic heterocycles. The Labute approximate surface area is 101 Å². The molecular formula is C14H29NO. The van der Waals surface area contributed by atoms with Crippen molar-refractivity contribution in [3.8, 4) is 0 Å². The van der Waals surface area contributed by atoms with E-state index in [0.29, 0.717) is 0 Å². The van der Waals surface area contributed by atoms with E-state index in [-0.39, 0.29) is 0 Å². The molecule has 1 saturated heterocycles. The summed E-state index contributed by atoms with van der Waals surface area (Å²) in [6, 6.07) is 0. The lowest BCUT2D eigenvalue weighted by molar-refractivity contribution is 0.128. The van der Waals surface area contributed by atoms with Crippen molar-refractivity contribution in [1.82, 2.24) is 4.90 Å². The van der Waals surface area contributed by atoms with Gasteiger partial charge in [0.15, 0.2) is 0 Å². The van der Waals surface area contributed by atoms with E-state index >= 15 is 0 Å². The van der Waals surface area contributed by atoms with Gasteiger partial charge in [-0.3, -0.25) is 4.90 Å². The monoisotopic (exact) mass is 227 g/mol.